The second-order valence-corrected chi connectivity index (χ2v) is 6.39. The van der Waals surface area contributed by atoms with Crippen LogP contribution in [0.15, 0.2) is 30.6 Å². The molecule has 0 spiro atoms. The van der Waals surface area contributed by atoms with Crippen molar-refractivity contribution in [3.8, 4) is 0 Å². The molecule has 2 N–H and O–H groups in total. The van der Waals surface area contributed by atoms with Crippen molar-refractivity contribution in [1.82, 2.24) is 14.9 Å². The normalized spacial score (nSPS) is 17.8. The second-order valence-electron chi connectivity index (χ2n) is 5.98. The Hall–Kier alpha value is -2.21. The largest absolute Gasteiger partial charge is 0.382 e. The third-order valence-electron chi connectivity index (χ3n) is 4.26. The molecule has 1 aliphatic rings. The SMILES string of the molecule is Nc1nccnc1C[C@@H]1CCCN(C(=O)c2ccc(F)c(Cl)c2)C1. The molecule has 3 rings (SSSR count). The highest BCUT2D eigenvalue weighted by Gasteiger charge is 2.26. The molecule has 0 bridgehead atoms. The first-order valence-electron chi connectivity index (χ1n) is 7.84. The van der Waals surface area contributed by atoms with E-state index < -0.39 is 5.82 Å². The van der Waals surface area contributed by atoms with Crippen LogP contribution in [-0.2, 0) is 6.42 Å². The fourth-order valence-electron chi connectivity index (χ4n) is 3.04. The number of carbonyl (C=O) groups excluding carboxylic acids is 1. The Kier molecular flexibility index (Phi) is 4.94. The van der Waals surface area contributed by atoms with Crippen molar-refractivity contribution in [2.45, 2.75) is 19.3 Å². The van der Waals surface area contributed by atoms with Crippen LogP contribution in [0.1, 0.15) is 28.9 Å². The highest BCUT2D eigenvalue weighted by Crippen LogP contribution is 2.24. The van der Waals surface area contributed by atoms with Crippen molar-refractivity contribution < 1.29 is 9.18 Å². The zero-order chi connectivity index (χ0) is 17.1. The van der Waals surface area contributed by atoms with Crippen molar-refractivity contribution in [2.24, 2.45) is 5.92 Å². The fourth-order valence-corrected chi connectivity index (χ4v) is 3.22. The molecule has 1 amide bonds. The van der Waals surface area contributed by atoms with Crippen LogP contribution in [0.5, 0.6) is 0 Å². The molecule has 0 saturated carbocycles. The maximum atomic E-state index is 13.3. The van der Waals surface area contributed by atoms with Gasteiger partial charge in [0, 0.05) is 31.0 Å². The molecule has 24 heavy (non-hydrogen) atoms. The van der Waals surface area contributed by atoms with Gasteiger partial charge in [0.05, 0.1) is 10.7 Å². The first kappa shape index (κ1) is 16.6. The minimum atomic E-state index is -0.525. The monoisotopic (exact) mass is 348 g/mol. The highest BCUT2D eigenvalue weighted by molar-refractivity contribution is 6.31. The number of rotatable bonds is 3. The van der Waals surface area contributed by atoms with Crippen LogP contribution in [0.25, 0.3) is 0 Å². The smallest absolute Gasteiger partial charge is 0.253 e. The van der Waals surface area contributed by atoms with E-state index in [0.717, 1.165) is 18.5 Å². The van der Waals surface area contributed by atoms with Gasteiger partial charge in [0.25, 0.3) is 5.91 Å². The van der Waals surface area contributed by atoms with Crippen molar-refractivity contribution in [1.29, 1.82) is 0 Å². The molecular formula is C17H18ClFN4O. The van der Waals surface area contributed by atoms with E-state index in [1.54, 1.807) is 17.3 Å². The van der Waals surface area contributed by atoms with E-state index in [9.17, 15) is 9.18 Å². The molecule has 1 atom stereocenters. The minimum absolute atomic E-state index is 0.0401. The van der Waals surface area contributed by atoms with Gasteiger partial charge in [-0.1, -0.05) is 11.6 Å². The lowest BCUT2D eigenvalue weighted by Crippen LogP contribution is -2.40. The molecule has 2 heterocycles. The Bertz CT molecular complexity index is 755. The molecule has 7 heteroatoms. The first-order chi connectivity index (χ1) is 11.5. The highest BCUT2D eigenvalue weighted by atomic mass is 35.5. The summed E-state index contributed by atoms with van der Waals surface area (Å²) in [5.41, 5.74) is 7.02. The summed E-state index contributed by atoms with van der Waals surface area (Å²) >= 11 is 5.78. The van der Waals surface area contributed by atoms with Gasteiger partial charge >= 0.3 is 0 Å². The maximum absolute atomic E-state index is 13.3. The number of benzene rings is 1. The van der Waals surface area contributed by atoms with Gasteiger partial charge in [-0.25, -0.2) is 9.37 Å². The van der Waals surface area contributed by atoms with Crippen LogP contribution in [0.4, 0.5) is 10.2 Å². The van der Waals surface area contributed by atoms with Gasteiger partial charge < -0.3 is 10.6 Å². The van der Waals surface area contributed by atoms with E-state index in [1.807, 2.05) is 0 Å². The molecule has 0 radical (unpaired) electrons. The van der Waals surface area contributed by atoms with Crippen LogP contribution >= 0.6 is 11.6 Å². The number of hydrogen-bond donors (Lipinski definition) is 1. The third kappa shape index (κ3) is 3.64. The summed E-state index contributed by atoms with van der Waals surface area (Å²) in [5.74, 6) is 0.0560. The Morgan fingerprint density at radius 2 is 2.17 bits per heavy atom. The lowest BCUT2D eigenvalue weighted by molar-refractivity contribution is 0.0673. The molecule has 1 aromatic carbocycles. The number of halogens is 2. The van der Waals surface area contributed by atoms with Crippen molar-refractivity contribution in [2.75, 3.05) is 18.8 Å². The molecule has 1 aliphatic heterocycles. The summed E-state index contributed by atoms with van der Waals surface area (Å²) in [6.45, 7) is 1.30. The van der Waals surface area contributed by atoms with E-state index >= 15 is 0 Å². The molecule has 0 aliphatic carbocycles. The molecule has 2 aromatic rings. The zero-order valence-electron chi connectivity index (χ0n) is 13.1. The van der Waals surface area contributed by atoms with E-state index in [0.29, 0.717) is 30.9 Å². The predicted molar refractivity (Wildman–Crippen MR) is 90.2 cm³/mol. The van der Waals surface area contributed by atoms with Crippen LogP contribution in [0.3, 0.4) is 0 Å². The molecule has 126 valence electrons. The fraction of sp³-hybridized carbons (Fsp3) is 0.353. The maximum Gasteiger partial charge on any atom is 0.253 e. The average Bonchev–Trinajstić information content (AvgIpc) is 2.59. The van der Waals surface area contributed by atoms with Gasteiger partial charge in [0.2, 0.25) is 0 Å². The van der Waals surface area contributed by atoms with Gasteiger partial charge in [-0.15, -0.1) is 0 Å². The van der Waals surface area contributed by atoms with Gasteiger partial charge in [0.1, 0.15) is 11.6 Å². The van der Waals surface area contributed by atoms with E-state index in [4.69, 9.17) is 17.3 Å². The van der Waals surface area contributed by atoms with Crippen molar-refractivity contribution >= 4 is 23.3 Å². The number of carbonyl (C=O) groups is 1. The first-order valence-corrected chi connectivity index (χ1v) is 8.22. The molecular weight excluding hydrogens is 331 g/mol. The number of nitrogens with zero attached hydrogens (tertiary/aromatic N) is 3. The number of nitrogen functional groups attached to an aromatic ring is 1. The lowest BCUT2D eigenvalue weighted by Gasteiger charge is -2.33. The molecule has 5 nitrogen and oxygen atoms in total. The van der Waals surface area contributed by atoms with Crippen molar-refractivity contribution in [3.05, 3.63) is 52.7 Å². The number of hydrogen-bond acceptors (Lipinski definition) is 4. The number of nitrogens with two attached hydrogens (primary N) is 1. The van der Waals surface area contributed by atoms with Gasteiger partial charge in [0.15, 0.2) is 0 Å². The van der Waals surface area contributed by atoms with E-state index in [2.05, 4.69) is 9.97 Å². The summed E-state index contributed by atoms with van der Waals surface area (Å²) < 4.78 is 13.3. The summed E-state index contributed by atoms with van der Waals surface area (Å²) in [6, 6.07) is 4.06. The van der Waals surface area contributed by atoms with Crippen molar-refractivity contribution in [3.63, 3.8) is 0 Å². The summed E-state index contributed by atoms with van der Waals surface area (Å²) in [5, 5.41) is -0.0401. The Morgan fingerprint density at radius 3 is 2.92 bits per heavy atom. The van der Waals surface area contributed by atoms with Crippen LogP contribution in [0, 0.1) is 11.7 Å². The topological polar surface area (TPSA) is 72.1 Å². The summed E-state index contributed by atoms with van der Waals surface area (Å²) in [4.78, 5) is 22.7. The quantitative estimate of drug-likeness (QED) is 0.925. The molecule has 0 unspecified atom stereocenters. The number of anilines is 1. The Morgan fingerprint density at radius 1 is 1.38 bits per heavy atom. The van der Waals surface area contributed by atoms with Gasteiger partial charge in [-0.3, -0.25) is 9.78 Å². The molecule has 1 fully saturated rings. The molecule has 1 saturated heterocycles. The Balaban J connectivity index is 1.69. The van der Waals surface area contributed by atoms with E-state index in [1.165, 1.54) is 18.2 Å². The number of aromatic nitrogens is 2. The third-order valence-corrected chi connectivity index (χ3v) is 4.55. The van der Waals surface area contributed by atoms with Crippen LogP contribution < -0.4 is 5.73 Å². The van der Waals surface area contributed by atoms with Gasteiger partial charge in [-0.2, -0.15) is 0 Å². The summed E-state index contributed by atoms with van der Waals surface area (Å²) in [7, 11) is 0. The lowest BCUT2D eigenvalue weighted by atomic mass is 9.92. The van der Waals surface area contributed by atoms with Crippen LogP contribution in [0.2, 0.25) is 5.02 Å². The minimum Gasteiger partial charge on any atom is -0.382 e. The average molecular weight is 349 g/mol. The van der Waals surface area contributed by atoms with Gasteiger partial charge in [-0.05, 0) is 43.4 Å². The number of piperidine rings is 1. The summed E-state index contributed by atoms with van der Waals surface area (Å²) in [6.07, 6.45) is 5.79. The van der Waals surface area contributed by atoms with Crippen LogP contribution in [-0.4, -0.2) is 33.9 Å². The predicted octanol–water partition coefficient (Wildman–Crippen LogP) is 2.95. The Labute approximate surface area is 144 Å². The number of amides is 1. The second kappa shape index (κ2) is 7.13. The number of likely N-dealkylation sites (tertiary alicyclic amines) is 1. The molecule has 1 aromatic heterocycles. The zero-order valence-corrected chi connectivity index (χ0v) is 13.8. The van der Waals surface area contributed by atoms with E-state index in [-0.39, 0.29) is 16.8 Å². The standard InChI is InChI=1S/C17H18ClFN4O/c18-13-9-12(3-4-14(13)19)17(24)23-7-1-2-11(10-23)8-15-16(20)22-6-5-21-15/h3-6,9,11H,1-2,7-8,10H2,(H2,20,22)/t11-/m0/s1.